The van der Waals surface area contributed by atoms with Crippen molar-refractivity contribution in [2.45, 2.75) is 19.4 Å². The topological polar surface area (TPSA) is 84.9 Å². The summed E-state index contributed by atoms with van der Waals surface area (Å²) >= 11 is 0. The third-order valence-corrected chi connectivity index (χ3v) is 3.97. The largest absolute Gasteiger partial charge is 0.493 e. The monoisotopic (exact) mass is 341 g/mol. The Bertz CT molecular complexity index is 760. The van der Waals surface area contributed by atoms with Crippen LogP contribution in [0.5, 0.6) is 5.75 Å². The predicted molar refractivity (Wildman–Crippen MR) is 91.6 cm³/mol. The molecule has 2 N–H and O–H groups in total. The first-order valence-electron chi connectivity index (χ1n) is 8.05. The number of carboxylic acids is 1. The maximum Gasteiger partial charge on any atom is 0.411 e. The second-order valence-corrected chi connectivity index (χ2v) is 5.99. The number of hydrogen-bond acceptors (Lipinski definition) is 4. The van der Waals surface area contributed by atoms with Crippen LogP contribution in [0.2, 0.25) is 0 Å². The summed E-state index contributed by atoms with van der Waals surface area (Å²) in [5.74, 6) is -0.175. The summed E-state index contributed by atoms with van der Waals surface area (Å²) in [5.41, 5.74) is 2.39. The Hall–Kier alpha value is -3.02. The molecule has 130 valence electrons. The van der Waals surface area contributed by atoms with Crippen LogP contribution in [0.15, 0.2) is 48.5 Å². The highest BCUT2D eigenvalue weighted by Crippen LogP contribution is 2.31. The Morgan fingerprint density at radius 3 is 2.76 bits per heavy atom. The van der Waals surface area contributed by atoms with E-state index >= 15 is 0 Å². The van der Waals surface area contributed by atoms with Crippen LogP contribution >= 0.6 is 0 Å². The lowest BCUT2D eigenvalue weighted by Crippen LogP contribution is -2.23. The number of fused-ring (bicyclic) bond motifs is 1. The summed E-state index contributed by atoms with van der Waals surface area (Å²) in [5, 5.41) is 11.6. The minimum Gasteiger partial charge on any atom is -0.493 e. The van der Waals surface area contributed by atoms with Crippen molar-refractivity contribution >= 4 is 17.7 Å². The highest BCUT2D eigenvalue weighted by Gasteiger charge is 2.22. The molecule has 0 aromatic heterocycles. The molecule has 0 bridgehead atoms. The van der Waals surface area contributed by atoms with Crippen LogP contribution in [0.25, 0.3) is 0 Å². The minimum atomic E-state index is -0.837. The summed E-state index contributed by atoms with van der Waals surface area (Å²) in [6, 6.07) is 14.7. The van der Waals surface area contributed by atoms with Crippen molar-refractivity contribution in [3.63, 3.8) is 0 Å². The molecule has 0 spiro atoms. The molecule has 1 heterocycles. The number of rotatable bonds is 5. The molecular formula is C19H19NO5. The second-order valence-electron chi connectivity index (χ2n) is 5.99. The fraction of sp³-hybridized carbons (Fsp3) is 0.263. The number of benzene rings is 2. The van der Waals surface area contributed by atoms with Crippen molar-refractivity contribution in [2.24, 2.45) is 5.92 Å². The van der Waals surface area contributed by atoms with E-state index in [2.05, 4.69) is 5.32 Å². The van der Waals surface area contributed by atoms with Crippen molar-refractivity contribution in [3.05, 3.63) is 59.7 Å². The van der Waals surface area contributed by atoms with Gasteiger partial charge in [0.1, 0.15) is 12.4 Å². The van der Waals surface area contributed by atoms with E-state index in [1.165, 1.54) is 0 Å². The molecule has 1 aliphatic heterocycles. The summed E-state index contributed by atoms with van der Waals surface area (Å²) in [4.78, 5) is 22.8. The van der Waals surface area contributed by atoms with Gasteiger partial charge in [-0.15, -0.1) is 0 Å². The van der Waals surface area contributed by atoms with Gasteiger partial charge >= 0.3 is 12.1 Å². The minimum absolute atomic E-state index is 0.0646. The van der Waals surface area contributed by atoms with E-state index in [0.717, 1.165) is 16.9 Å². The van der Waals surface area contributed by atoms with Crippen molar-refractivity contribution < 1.29 is 24.2 Å². The molecule has 6 heteroatoms. The summed E-state index contributed by atoms with van der Waals surface area (Å²) in [7, 11) is 0. The zero-order chi connectivity index (χ0) is 17.6. The van der Waals surface area contributed by atoms with Gasteiger partial charge in [0.2, 0.25) is 0 Å². The van der Waals surface area contributed by atoms with Gasteiger partial charge < -0.3 is 14.6 Å². The molecule has 0 fully saturated rings. The Labute approximate surface area is 145 Å². The molecule has 1 amide bonds. The molecule has 1 unspecified atom stereocenters. The van der Waals surface area contributed by atoms with Crippen LogP contribution in [-0.2, 0) is 22.6 Å². The average Bonchev–Trinajstić information content (AvgIpc) is 2.60. The average molecular weight is 341 g/mol. The van der Waals surface area contributed by atoms with Crippen molar-refractivity contribution in [2.75, 3.05) is 11.9 Å². The molecule has 25 heavy (non-hydrogen) atoms. The van der Waals surface area contributed by atoms with Crippen LogP contribution in [0.4, 0.5) is 10.5 Å². The Morgan fingerprint density at radius 1 is 1.20 bits per heavy atom. The third-order valence-electron chi connectivity index (χ3n) is 3.97. The first-order valence-corrected chi connectivity index (χ1v) is 8.05. The van der Waals surface area contributed by atoms with Gasteiger partial charge in [-0.2, -0.15) is 0 Å². The second kappa shape index (κ2) is 7.70. The number of carboxylic acid groups (broad SMARTS) is 1. The van der Waals surface area contributed by atoms with Crippen LogP contribution in [0, 0.1) is 5.92 Å². The van der Waals surface area contributed by atoms with Gasteiger partial charge in [0.15, 0.2) is 0 Å². The Balaban J connectivity index is 1.58. The zero-order valence-electron chi connectivity index (χ0n) is 13.6. The smallest absolute Gasteiger partial charge is 0.411 e. The molecule has 1 aliphatic rings. The van der Waals surface area contributed by atoms with Gasteiger partial charge in [-0.1, -0.05) is 30.3 Å². The highest BCUT2D eigenvalue weighted by molar-refractivity contribution is 5.84. The van der Waals surface area contributed by atoms with E-state index in [4.69, 9.17) is 14.6 Å². The van der Waals surface area contributed by atoms with E-state index in [1.54, 1.807) is 18.2 Å². The number of hydrogen-bond donors (Lipinski definition) is 2. The van der Waals surface area contributed by atoms with E-state index in [0.29, 0.717) is 18.7 Å². The number of nitrogens with one attached hydrogen (secondary N) is 1. The molecule has 0 saturated heterocycles. The lowest BCUT2D eigenvalue weighted by atomic mass is 9.94. The Morgan fingerprint density at radius 2 is 2.00 bits per heavy atom. The third kappa shape index (κ3) is 4.73. The molecule has 0 radical (unpaired) electrons. The quantitative estimate of drug-likeness (QED) is 0.870. The first-order chi connectivity index (χ1) is 12.1. The number of ether oxygens (including phenoxy) is 2. The number of anilines is 1. The number of carbonyl (C=O) groups excluding carboxylic acids is 1. The van der Waals surface area contributed by atoms with E-state index in [9.17, 15) is 9.59 Å². The molecule has 3 rings (SSSR count). The Kier molecular flexibility index (Phi) is 5.18. The van der Waals surface area contributed by atoms with Crippen molar-refractivity contribution in [1.82, 2.24) is 0 Å². The molecule has 2 aromatic carbocycles. The lowest BCUT2D eigenvalue weighted by molar-refractivity contribution is -0.138. The molecular weight excluding hydrogens is 322 g/mol. The number of carbonyl (C=O) groups is 2. The first kappa shape index (κ1) is 16.8. The van der Waals surface area contributed by atoms with Gasteiger partial charge in [-0.05, 0) is 35.7 Å². The van der Waals surface area contributed by atoms with Crippen LogP contribution < -0.4 is 10.1 Å². The van der Waals surface area contributed by atoms with Gasteiger partial charge in [0.25, 0.3) is 0 Å². The van der Waals surface area contributed by atoms with Crippen LogP contribution in [0.1, 0.15) is 17.5 Å². The standard InChI is InChI=1S/C19H19NO5/c21-18(22)9-14-8-15-10-16(6-7-17(15)24-12-14)20-19(23)25-11-13-4-2-1-3-5-13/h1-7,10,14H,8-9,11-12H2,(H,20,23)(H,21,22). The molecule has 6 nitrogen and oxygen atoms in total. The van der Waals surface area contributed by atoms with Gasteiger partial charge in [0.05, 0.1) is 13.0 Å². The summed E-state index contributed by atoms with van der Waals surface area (Å²) < 4.78 is 10.8. The fourth-order valence-electron chi connectivity index (χ4n) is 2.79. The van der Waals surface area contributed by atoms with E-state index in [-0.39, 0.29) is 18.9 Å². The highest BCUT2D eigenvalue weighted by atomic mass is 16.5. The van der Waals surface area contributed by atoms with Crippen LogP contribution in [-0.4, -0.2) is 23.8 Å². The molecule has 0 aliphatic carbocycles. The maximum atomic E-state index is 11.9. The number of amides is 1. The van der Waals surface area contributed by atoms with Gasteiger partial charge in [-0.3, -0.25) is 10.1 Å². The van der Waals surface area contributed by atoms with Crippen LogP contribution in [0.3, 0.4) is 0 Å². The van der Waals surface area contributed by atoms with E-state index in [1.807, 2.05) is 30.3 Å². The normalized spacial score (nSPS) is 15.6. The fourth-order valence-corrected chi connectivity index (χ4v) is 2.79. The summed E-state index contributed by atoms with van der Waals surface area (Å²) in [6.07, 6.45) is 0.134. The zero-order valence-corrected chi connectivity index (χ0v) is 13.6. The predicted octanol–water partition coefficient (Wildman–Crippen LogP) is 3.46. The van der Waals surface area contributed by atoms with Gasteiger partial charge in [0, 0.05) is 11.6 Å². The summed E-state index contributed by atoms with van der Waals surface area (Å²) in [6.45, 7) is 0.590. The van der Waals surface area contributed by atoms with Crippen molar-refractivity contribution in [3.8, 4) is 5.75 Å². The van der Waals surface area contributed by atoms with Crippen molar-refractivity contribution in [1.29, 1.82) is 0 Å². The lowest BCUT2D eigenvalue weighted by Gasteiger charge is -2.24. The number of aliphatic carboxylic acids is 1. The SMILES string of the molecule is O=C(O)CC1COc2ccc(NC(=O)OCc3ccccc3)cc2C1. The molecule has 2 aromatic rings. The van der Waals surface area contributed by atoms with Gasteiger partial charge in [-0.25, -0.2) is 4.79 Å². The maximum absolute atomic E-state index is 11.9. The molecule has 0 saturated carbocycles. The van der Waals surface area contributed by atoms with E-state index < -0.39 is 12.1 Å². The molecule has 1 atom stereocenters.